The Labute approximate surface area is 93.7 Å². The van der Waals surface area contributed by atoms with Gasteiger partial charge < -0.3 is 0 Å². The lowest BCUT2D eigenvalue weighted by molar-refractivity contribution is 0.478. The smallest absolute Gasteiger partial charge is 0.122 e. The fourth-order valence-electron chi connectivity index (χ4n) is 1.34. The van der Waals surface area contributed by atoms with Gasteiger partial charge in [0.15, 0.2) is 0 Å². The predicted octanol–water partition coefficient (Wildman–Crippen LogP) is 3.05. The van der Waals surface area contributed by atoms with Crippen LogP contribution in [0.15, 0.2) is 23.7 Å². The number of nitrogens with zero attached hydrogens (tertiary/aromatic N) is 3. The van der Waals surface area contributed by atoms with Gasteiger partial charge in [0, 0.05) is 6.54 Å². The molecule has 0 unspecified atom stereocenters. The highest BCUT2D eigenvalue weighted by molar-refractivity contribution is 7.13. The molecule has 15 heavy (non-hydrogen) atoms. The van der Waals surface area contributed by atoms with Crippen LogP contribution in [0.1, 0.15) is 20.3 Å². The van der Waals surface area contributed by atoms with Gasteiger partial charge in [-0.15, -0.1) is 16.4 Å². The zero-order valence-electron chi connectivity index (χ0n) is 9.05. The number of rotatable bonds is 4. The Morgan fingerprint density at radius 1 is 1.47 bits per heavy atom. The average molecular weight is 221 g/mol. The minimum Gasteiger partial charge on any atom is -0.252 e. The van der Waals surface area contributed by atoms with Gasteiger partial charge >= 0.3 is 0 Å². The van der Waals surface area contributed by atoms with Crippen molar-refractivity contribution in [3.63, 3.8) is 0 Å². The molecule has 0 spiro atoms. The molecule has 80 valence electrons. The third-order valence-corrected chi connectivity index (χ3v) is 3.14. The van der Waals surface area contributed by atoms with Crippen LogP contribution in [0.3, 0.4) is 0 Å². The number of thiophene rings is 1. The molecule has 2 heterocycles. The number of hydrogen-bond acceptors (Lipinski definition) is 3. The molecule has 0 atom stereocenters. The van der Waals surface area contributed by atoms with E-state index in [1.165, 1.54) is 4.88 Å². The molecule has 0 N–H and O–H groups in total. The molecule has 0 bridgehead atoms. The van der Waals surface area contributed by atoms with E-state index in [-0.39, 0.29) is 0 Å². The maximum atomic E-state index is 4.16. The first-order valence-electron chi connectivity index (χ1n) is 5.19. The molecule has 2 rings (SSSR count). The average Bonchev–Trinajstić information content (AvgIpc) is 2.85. The molecular weight excluding hydrogens is 206 g/mol. The largest absolute Gasteiger partial charge is 0.252 e. The Kier molecular flexibility index (Phi) is 3.16. The molecule has 0 aliphatic heterocycles. The molecule has 0 aliphatic carbocycles. The van der Waals surface area contributed by atoms with Crippen molar-refractivity contribution >= 4 is 11.3 Å². The number of aromatic nitrogens is 3. The first kappa shape index (κ1) is 10.4. The first-order valence-corrected chi connectivity index (χ1v) is 6.07. The lowest BCUT2D eigenvalue weighted by Crippen LogP contribution is -2.01. The Bertz CT molecular complexity index is 403. The Morgan fingerprint density at radius 3 is 3.00 bits per heavy atom. The van der Waals surface area contributed by atoms with E-state index in [1.807, 2.05) is 16.9 Å². The highest BCUT2D eigenvalue weighted by Gasteiger charge is 2.04. The third-order valence-electron chi connectivity index (χ3n) is 2.25. The second kappa shape index (κ2) is 4.57. The lowest BCUT2D eigenvalue weighted by Gasteiger charge is -2.02. The van der Waals surface area contributed by atoms with Crippen molar-refractivity contribution in [2.75, 3.05) is 0 Å². The van der Waals surface area contributed by atoms with E-state index in [0.717, 1.165) is 18.7 Å². The molecule has 0 amide bonds. The number of hydrogen-bond donors (Lipinski definition) is 0. The number of aryl methyl sites for hydroxylation is 1. The molecule has 0 saturated carbocycles. The fraction of sp³-hybridized carbons (Fsp3) is 0.455. The standard InChI is InChI=1S/C11H15N3S/c1-9(2)5-6-14-8-10(12-13-14)11-4-3-7-15-11/h3-4,7-9H,5-6H2,1-2H3. The van der Waals surface area contributed by atoms with E-state index in [0.29, 0.717) is 5.92 Å². The van der Waals surface area contributed by atoms with Crippen LogP contribution in [-0.4, -0.2) is 15.0 Å². The molecule has 0 saturated heterocycles. The normalized spacial score (nSPS) is 11.1. The molecule has 2 aromatic heterocycles. The van der Waals surface area contributed by atoms with Gasteiger partial charge in [-0.1, -0.05) is 25.1 Å². The summed E-state index contributed by atoms with van der Waals surface area (Å²) in [4.78, 5) is 1.19. The third kappa shape index (κ3) is 2.65. The van der Waals surface area contributed by atoms with Gasteiger partial charge in [-0.25, -0.2) is 0 Å². The van der Waals surface area contributed by atoms with Crippen LogP contribution in [0.4, 0.5) is 0 Å². The van der Waals surface area contributed by atoms with E-state index in [1.54, 1.807) is 11.3 Å². The van der Waals surface area contributed by atoms with E-state index in [4.69, 9.17) is 0 Å². The van der Waals surface area contributed by atoms with Crippen LogP contribution < -0.4 is 0 Å². The minimum absolute atomic E-state index is 0.708. The zero-order chi connectivity index (χ0) is 10.7. The maximum Gasteiger partial charge on any atom is 0.122 e. The van der Waals surface area contributed by atoms with Crippen LogP contribution in [0.2, 0.25) is 0 Å². The fourth-order valence-corrected chi connectivity index (χ4v) is 2.01. The Balaban J connectivity index is 2.04. The van der Waals surface area contributed by atoms with E-state index in [2.05, 4.69) is 35.6 Å². The SMILES string of the molecule is CC(C)CCn1cc(-c2cccs2)nn1. The molecule has 3 nitrogen and oxygen atoms in total. The monoisotopic (exact) mass is 221 g/mol. The van der Waals surface area contributed by atoms with Crippen molar-refractivity contribution in [1.82, 2.24) is 15.0 Å². The van der Waals surface area contributed by atoms with Crippen molar-refractivity contribution in [3.05, 3.63) is 23.7 Å². The molecule has 4 heteroatoms. The van der Waals surface area contributed by atoms with E-state index in [9.17, 15) is 0 Å². The summed E-state index contributed by atoms with van der Waals surface area (Å²) >= 11 is 1.70. The molecule has 0 aromatic carbocycles. The topological polar surface area (TPSA) is 30.7 Å². The summed E-state index contributed by atoms with van der Waals surface area (Å²) in [6.07, 6.45) is 3.17. The quantitative estimate of drug-likeness (QED) is 0.794. The Hall–Kier alpha value is -1.16. The summed E-state index contributed by atoms with van der Waals surface area (Å²) in [6.45, 7) is 5.39. The van der Waals surface area contributed by atoms with Gasteiger partial charge in [-0.05, 0) is 23.8 Å². The van der Waals surface area contributed by atoms with E-state index >= 15 is 0 Å². The molecule has 0 radical (unpaired) electrons. The van der Waals surface area contributed by atoms with Gasteiger partial charge in [0.05, 0.1) is 11.1 Å². The molecule has 0 aliphatic rings. The Morgan fingerprint density at radius 2 is 2.33 bits per heavy atom. The predicted molar refractivity (Wildman–Crippen MR) is 62.8 cm³/mol. The van der Waals surface area contributed by atoms with E-state index < -0.39 is 0 Å². The van der Waals surface area contributed by atoms with Crippen molar-refractivity contribution in [3.8, 4) is 10.6 Å². The van der Waals surface area contributed by atoms with Crippen LogP contribution in [0, 0.1) is 5.92 Å². The second-order valence-corrected chi connectivity index (χ2v) is 4.97. The maximum absolute atomic E-state index is 4.16. The van der Waals surface area contributed by atoms with Gasteiger partial charge in [-0.2, -0.15) is 0 Å². The summed E-state index contributed by atoms with van der Waals surface area (Å²) in [7, 11) is 0. The van der Waals surface area contributed by atoms with Crippen molar-refractivity contribution in [2.24, 2.45) is 5.92 Å². The van der Waals surface area contributed by atoms with Gasteiger partial charge in [0.2, 0.25) is 0 Å². The van der Waals surface area contributed by atoms with Crippen molar-refractivity contribution in [1.29, 1.82) is 0 Å². The zero-order valence-corrected chi connectivity index (χ0v) is 9.87. The van der Waals surface area contributed by atoms with Gasteiger partial charge in [-0.3, -0.25) is 4.68 Å². The van der Waals surface area contributed by atoms with Gasteiger partial charge in [0.1, 0.15) is 5.69 Å². The lowest BCUT2D eigenvalue weighted by atomic mass is 10.1. The van der Waals surface area contributed by atoms with Crippen LogP contribution in [-0.2, 0) is 6.54 Å². The van der Waals surface area contributed by atoms with Crippen molar-refractivity contribution < 1.29 is 0 Å². The van der Waals surface area contributed by atoms with Crippen LogP contribution >= 0.6 is 11.3 Å². The summed E-state index contributed by atoms with van der Waals surface area (Å²) in [5.41, 5.74) is 0.980. The molecule has 2 aromatic rings. The second-order valence-electron chi connectivity index (χ2n) is 4.03. The van der Waals surface area contributed by atoms with Crippen molar-refractivity contribution in [2.45, 2.75) is 26.8 Å². The highest BCUT2D eigenvalue weighted by Crippen LogP contribution is 2.21. The van der Waals surface area contributed by atoms with Crippen LogP contribution in [0.5, 0.6) is 0 Å². The van der Waals surface area contributed by atoms with Gasteiger partial charge in [0.25, 0.3) is 0 Å². The summed E-state index contributed by atoms with van der Waals surface area (Å²) in [6, 6.07) is 4.11. The highest BCUT2D eigenvalue weighted by atomic mass is 32.1. The molecular formula is C11H15N3S. The summed E-state index contributed by atoms with van der Waals surface area (Å²) in [5.74, 6) is 0.708. The molecule has 0 fully saturated rings. The first-order chi connectivity index (χ1) is 7.25. The van der Waals surface area contributed by atoms with Crippen LogP contribution in [0.25, 0.3) is 10.6 Å². The summed E-state index contributed by atoms with van der Waals surface area (Å²) < 4.78 is 1.93. The minimum atomic E-state index is 0.708. The summed E-state index contributed by atoms with van der Waals surface area (Å²) in [5, 5.41) is 10.3.